The van der Waals surface area contributed by atoms with Crippen molar-refractivity contribution in [3.8, 4) is 0 Å². The highest BCUT2D eigenvalue weighted by Gasteiger charge is 2.39. The first kappa shape index (κ1) is 13.6. The van der Waals surface area contributed by atoms with Gasteiger partial charge in [-0.25, -0.2) is 0 Å². The molecule has 3 heteroatoms. The van der Waals surface area contributed by atoms with Crippen LogP contribution in [0.4, 0.5) is 0 Å². The number of rotatable bonds is 5. The normalized spacial score (nSPS) is 32.6. The van der Waals surface area contributed by atoms with Gasteiger partial charge in [-0.15, -0.1) is 0 Å². The van der Waals surface area contributed by atoms with Crippen LogP contribution in [0.5, 0.6) is 0 Å². The zero-order chi connectivity index (χ0) is 13.3. The monoisotopic (exact) mass is 250 g/mol. The number of allylic oxidation sites excluding steroid dienone is 2. The summed E-state index contributed by atoms with van der Waals surface area (Å²) in [5.74, 6) is 2.45. The van der Waals surface area contributed by atoms with Crippen LogP contribution in [0.15, 0.2) is 12.2 Å². The molecule has 1 fully saturated rings. The van der Waals surface area contributed by atoms with Gasteiger partial charge in [0.05, 0.1) is 6.04 Å². The van der Waals surface area contributed by atoms with Crippen molar-refractivity contribution in [3.63, 3.8) is 0 Å². The van der Waals surface area contributed by atoms with Gasteiger partial charge >= 0.3 is 0 Å². The summed E-state index contributed by atoms with van der Waals surface area (Å²) >= 11 is 0. The minimum atomic E-state index is -0.0759. The van der Waals surface area contributed by atoms with Gasteiger partial charge in [-0.1, -0.05) is 12.2 Å². The fraction of sp³-hybridized carbons (Fsp3) is 0.800. The van der Waals surface area contributed by atoms with Gasteiger partial charge in [0.2, 0.25) is 5.91 Å². The first-order chi connectivity index (χ1) is 8.52. The Balaban J connectivity index is 1.86. The molecular formula is C15H26N2O. The highest BCUT2D eigenvalue weighted by Crippen LogP contribution is 2.44. The molecule has 0 aromatic rings. The number of carbonyl (C=O) groups excluding carboxylic acids is 1. The van der Waals surface area contributed by atoms with Crippen LogP contribution in [-0.4, -0.2) is 36.5 Å². The number of carbonyl (C=O) groups is 1. The van der Waals surface area contributed by atoms with Crippen LogP contribution in [0.25, 0.3) is 0 Å². The molecule has 3 nitrogen and oxygen atoms in total. The van der Waals surface area contributed by atoms with E-state index in [4.69, 9.17) is 0 Å². The van der Waals surface area contributed by atoms with E-state index in [0.717, 1.165) is 18.4 Å². The Morgan fingerprint density at radius 1 is 1.39 bits per heavy atom. The summed E-state index contributed by atoms with van der Waals surface area (Å²) in [4.78, 5) is 13.8. The number of fused-ring (bicyclic) bond motifs is 2. The van der Waals surface area contributed by atoms with Crippen molar-refractivity contribution in [3.05, 3.63) is 12.2 Å². The molecule has 102 valence electrons. The summed E-state index contributed by atoms with van der Waals surface area (Å²) in [7, 11) is 1.87. The van der Waals surface area contributed by atoms with Crippen molar-refractivity contribution in [1.29, 1.82) is 0 Å². The maximum Gasteiger partial charge on any atom is 0.239 e. The van der Waals surface area contributed by atoms with Crippen molar-refractivity contribution < 1.29 is 4.79 Å². The molecule has 0 radical (unpaired) electrons. The van der Waals surface area contributed by atoms with Crippen LogP contribution in [0, 0.1) is 17.8 Å². The SMILES string of the molecule is CCN(C)C(=O)C(C)NC(C)C1CC2C=CC1C2. The lowest BCUT2D eigenvalue weighted by Gasteiger charge is -2.30. The van der Waals surface area contributed by atoms with Crippen molar-refractivity contribution >= 4 is 5.91 Å². The molecule has 1 N–H and O–H groups in total. The third-order valence-electron chi connectivity index (χ3n) is 4.71. The van der Waals surface area contributed by atoms with Crippen LogP contribution in [-0.2, 0) is 4.79 Å². The molecule has 2 aliphatic rings. The first-order valence-electron chi connectivity index (χ1n) is 7.22. The molecule has 0 aromatic heterocycles. The van der Waals surface area contributed by atoms with Gasteiger partial charge in [-0.05, 0) is 51.4 Å². The lowest BCUT2D eigenvalue weighted by molar-refractivity contribution is -0.131. The second kappa shape index (κ2) is 5.43. The molecule has 2 bridgehead atoms. The van der Waals surface area contributed by atoms with Crippen molar-refractivity contribution in [2.45, 2.75) is 45.7 Å². The van der Waals surface area contributed by atoms with Crippen LogP contribution in [0.2, 0.25) is 0 Å². The Hall–Kier alpha value is -0.830. The van der Waals surface area contributed by atoms with E-state index < -0.39 is 0 Å². The largest absolute Gasteiger partial charge is 0.345 e. The average Bonchev–Trinajstić information content (AvgIpc) is 2.98. The van der Waals surface area contributed by atoms with Gasteiger partial charge in [0, 0.05) is 19.6 Å². The number of hydrogen-bond acceptors (Lipinski definition) is 2. The fourth-order valence-corrected chi connectivity index (χ4v) is 3.47. The van der Waals surface area contributed by atoms with E-state index in [1.165, 1.54) is 12.8 Å². The Morgan fingerprint density at radius 3 is 2.61 bits per heavy atom. The molecule has 0 heterocycles. The second-order valence-electron chi connectivity index (χ2n) is 5.97. The van der Waals surface area contributed by atoms with E-state index in [-0.39, 0.29) is 11.9 Å². The summed E-state index contributed by atoms with van der Waals surface area (Å²) in [5, 5.41) is 3.50. The molecule has 2 rings (SSSR count). The molecule has 5 atom stereocenters. The zero-order valence-corrected chi connectivity index (χ0v) is 12.0. The Morgan fingerprint density at radius 2 is 2.11 bits per heavy atom. The maximum absolute atomic E-state index is 12.0. The second-order valence-corrected chi connectivity index (χ2v) is 5.97. The molecule has 1 amide bonds. The van der Waals surface area contributed by atoms with E-state index in [0.29, 0.717) is 12.0 Å². The molecule has 1 saturated carbocycles. The highest BCUT2D eigenvalue weighted by molar-refractivity contribution is 5.81. The maximum atomic E-state index is 12.0. The van der Waals surface area contributed by atoms with Gasteiger partial charge in [0.1, 0.15) is 0 Å². The Bertz CT molecular complexity index is 339. The molecule has 5 unspecified atom stereocenters. The fourth-order valence-electron chi connectivity index (χ4n) is 3.47. The van der Waals surface area contributed by atoms with Gasteiger partial charge in [-0.2, -0.15) is 0 Å². The lowest BCUT2D eigenvalue weighted by atomic mass is 9.87. The summed E-state index contributed by atoms with van der Waals surface area (Å²) in [6.45, 7) is 6.99. The number of amides is 1. The zero-order valence-electron chi connectivity index (χ0n) is 12.0. The standard InChI is InChI=1S/C15H26N2O/c1-5-17(4)15(18)11(3)16-10(2)14-9-12-6-7-13(14)8-12/h6-7,10-14,16H,5,8-9H2,1-4H3. The lowest BCUT2D eigenvalue weighted by Crippen LogP contribution is -2.49. The molecule has 0 aliphatic heterocycles. The molecule has 18 heavy (non-hydrogen) atoms. The summed E-state index contributed by atoms with van der Waals surface area (Å²) in [6, 6.07) is 0.349. The molecule has 0 spiro atoms. The highest BCUT2D eigenvalue weighted by atomic mass is 16.2. The third-order valence-corrected chi connectivity index (χ3v) is 4.71. The van der Waals surface area contributed by atoms with E-state index in [9.17, 15) is 4.79 Å². The number of likely N-dealkylation sites (N-methyl/N-ethyl adjacent to an activating group) is 1. The Labute approximate surface area is 111 Å². The number of nitrogens with one attached hydrogen (secondary N) is 1. The number of nitrogens with zero attached hydrogens (tertiary/aromatic N) is 1. The third kappa shape index (κ3) is 2.61. The minimum Gasteiger partial charge on any atom is -0.345 e. The topological polar surface area (TPSA) is 32.3 Å². The van der Waals surface area contributed by atoms with Crippen molar-refractivity contribution in [1.82, 2.24) is 10.2 Å². The van der Waals surface area contributed by atoms with Crippen molar-refractivity contribution in [2.24, 2.45) is 17.8 Å². The summed E-state index contributed by atoms with van der Waals surface area (Å²) in [6.07, 6.45) is 7.36. The molecule has 0 aromatic carbocycles. The number of hydrogen-bond donors (Lipinski definition) is 1. The van der Waals surface area contributed by atoms with E-state index in [1.807, 2.05) is 20.9 Å². The van der Waals surface area contributed by atoms with Crippen LogP contribution >= 0.6 is 0 Å². The van der Waals surface area contributed by atoms with Crippen LogP contribution in [0.3, 0.4) is 0 Å². The van der Waals surface area contributed by atoms with E-state index in [1.54, 1.807) is 4.90 Å². The van der Waals surface area contributed by atoms with E-state index >= 15 is 0 Å². The average molecular weight is 250 g/mol. The van der Waals surface area contributed by atoms with Crippen LogP contribution < -0.4 is 5.32 Å². The summed E-state index contributed by atoms with van der Waals surface area (Å²) < 4.78 is 0. The molecule has 2 aliphatic carbocycles. The molecule has 0 saturated heterocycles. The van der Waals surface area contributed by atoms with Gasteiger partial charge in [-0.3, -0.25) is 4.79 Å². The predicted molar refractivity (Wildman–Crippen MR) is 74.2 cm³/mol. The van der Waals surface area contributed by atoms with Crippen molar-refractivity contribution in [2.75, 3.05) is 13.6 Å². The summed E-state index contributed by atoms with van der Waals surface area (Å²) in [5.41, 5.74) is 0. The predicted octanol–water partition coefficient (Wildman–Crippen LogP) is 2.04. The Kier molecular flexibility index (Phi) is 4.10. The molecular weight excluding hydrogens is 224 g/mol. The first-order valence-corrected chi connectivity index (χ1v) is 7.22. The quantitative estimate of drug-likeness (QED) is 0.757. The smallest absolute Gasteiger partial charge is 0.239 e. The van der Waals surface area contributed by atoms with Crippen LogP contribution in [0.1, 0.15) is 33.6 Å². The van der Waals surface area contributed by atoms with E-state index in [2.05, 4.69) is 24.4 Å². The van der Waals surface area contributed by atoms with Gasteiger partial charge in [0.25, 0.3) is 0 Å². The van der Waals surface area contributed by atoms with Gasteiger partial charge < -0.3 is 10.2 Å². The minimum absolute atomic E-state index is 0.0759. The van der Waals surface area contributed by atoms with Gasteiger partial charge in [0.15, 0.2) is 0 Å².